The van der Waals surface area contributed by atoms with Gasteiger partial charge in [0.15, 0.2) is 0 Å². The van der Waals surface area contributed by atoms with Crippen LogP contribution in [0.25, 0.3) is 0 Å². The average Bonchev–Trinajstić information content (AvgIpc) is 2.45. The van der Waals surface area contributed by atoms with Crippen LogP contribution in [0.3, 0.4) is 0 Å². The zero-order chi connectivity index (χ0) is 15.0. The van der Waals surface area contributed by atoms with E-state index in [2.05, 4.69) is 5.32 Å². The highest BCUT2D eigenvalue weighted by Crippen LogP contribution is 2.02. The molecule has 8 nitrogen and oxygen atoms in total. The van der Waals surface area contributed by atoms with Crippen molar-refractivity contribution in [3.05, 3.63) is 0 Å². The van der Waals surface area contributed by atoms with E-state index in [9.17, 15) is 14.4 Å². The van der Waals surface area contributed by atoms with Gasteiger partial charge in [0.1, 0.15) is 6.04 Å². The van der Waals surface area contributed by atoms with Gasteiger partial charge in [-0.2, -0.15) is 0 Å². The smallest absolute Gasteiger partial charge is 0.320 e. The van der Waals surface area contributed by atoms with Crippen LogP contribution in [0.15, 0.2) is 0 Å². The molecule has 0 spiro atoms. The molecule has 2 amide bonds. The Balaban J connectivity index is 2.13. The molecule has 1 rings (SSSR count). The standard InChI is InChI=1S/C12H21N3O5/c13-9(12(18)19)3-4-14-10(16)1-2-11(17)15-5-7-20-8-6-15/h9H,1-8,13H2,(H,14,16)(H,18,19). The van der Waals surface area contributed by atoms with E-state index in [0.717, 1.165) is 0 Å². The molecule has 114 valence electrons. The highest BCUT2D eigenvalue weighted by atomic mass is 16.5. The van der Waals surface area contributed by atoms with Gasteiger partial charge in [0, 0.05) is 32.5 Å². The first-order chi connectivity index (χ1) is 9.50. The van der Waals surface area contributed by atoms with Gasteiger partial charge in [-0.05, 0) is 6.42 Å². The summed E-state index contributed by atoms with van der Waals surface area (Å²) in [4.78, 5) is 35.4. The largest absolute Gasteiger partial charge is 0.480 e. The van der Waals surface area contributed by atoms with Gasteiger partial charge < -0.3 is 25.8 Å². The van der Waals surface area contributed by atoms with Crippen LogP contribution in [-0.4, -0.2) is 66.7 Å². The van der Waals surface area contributed by atoms with E-state index in [1.807, 2.05) is 0 Å². The van der Waals surface area contributed by atoms with Crippen LogP contribution in [0, 0.1) is 0 Å². The first-order valence-electron chi connectivity index (χ1n) is 6.61. The van der Waals surface area contributed by atoms with Crippen molar-refractivity contribution < 1.29 is 24.2 Å². The predicted molar refractivity (Wildman–Crippen MR) is 69.9 cm³/mol. The lowest BCUT2D eigenvalue weighted by atomic mass is 10.2. The number of carboxylic acid groups (broad SMARTS) is 1. The van der Waals surface area contributed by atoms with Gasteiger partial charge in [-0.15, -0.1) is 0 Å². The maximum absolute atomic E-state index is 11.8. The monoisotopic (exact) mass is 287 g/mol. The molecule has 1 atom stereocenters. The number of morpholine rings is 1. The quantitative estimate of drug-likeness (QED) is 0.526. The van der Waals surface area contributed by atoms with Crippen LogP contribution < -0.4 is 11.1 Å². The Morgan fingerprint density at radius 2 is 1.90 bits per heavy atom. The molecule has 4 N–H and O–H groups in total. The minimum Gasteiger partial charge on any atom is -0.480 e. The SMILES string of the molecule is NC(CCNC(=O)CCC(=O)N1CCOCC1)C(=O)O. The summed E-state index contributed by atoms with van der Waals surface area (Å²) in [6.07, 6.45) is 0.411. The molecule has 8 heteroatoms. The fraction of sp³-hybridized carbons (Fsp3) is 0.750. The minimum absolute atomic E-state index is 0.0642. The number of aliphatic carboxylic acids is 1. The molecule has 0 radical (unpaired) electrons. The summed E-state index contributed by atoms with van der Waals surface area (Å²) in [5.74, 6) is -1.43. The number of carbonyl (C=O) groups excluding carboxylic acids is 2. The summed E-state index contributed by atoms with van der Waals surface area (Å²) in [6.45, 7) is 2.38. The van der Waals surface area contributed by atoms with Gasteiger partial charge >= 0.3 is 5.97 Å². The fourth-order valence-corrected chi connectivity index (χ4v) is 1.77. The van der Waals surface area contributed by atoms with E-state index < -0.39 is 12.0 Å². The number of nitrogens with zero attached hydrogens (tertiary/aromatic N) is 1. The molecule has 0 aromatic carbocycles. The van der Waals surface area contributed by atoms with E-state index in [0.29, 0.717) is 26.3 Å². The highest BCUT2D eigenvalue weighted by Gasteiger charge is 2.17. The number of carbonyl (C=O) groups is 3. The summed E-state index contributed by atoms with van der Waals surface area (Å²) in [6, 6.07) is -0.981. The lowest BCUT2D eigenvalue weighted by molar-refractivity contribution is -0.138. The Hall–Kier alpha value is -1.67. The highest BCUT2D eigenvalue weighted by molar-refractivity contribution is 5.83. The predicted octanol–water partition coefficient (Wildman–Crippen LogP) is -1.46. The summed E-state index contributed by atoms with van der Waals surface area (Å²) in [7, 11) is 0. The second-order valence-electron chi connectivity index (χ2n) is 4.58. The fourth-order valence-electron chi connectivity index (χ4n) is 1.77. The Kier molecular flexibility index (Phi) is 6.96. The summed E-state index contributed by atoms with van der Waals surface area (Å²) in [5.41, 5.74) is 5.30. The average molecular weight is 287 g/mol. The molecule has 0 aromatic rings. The molecule has 1 saturated heterocycles. The van der Waals surface area contributed by atoms with Crippen molar-refractivity contribution in [1.29, 1.82) is 0 Å². The van der Waals surface area contributed by atoms with Crippen LogP contribution in [0.5, 0.6) is 0 Å². The molecule has 0 bridgehead atoms. The Morgan fingerprint density at radius 3 is 2.50 bits per heavy atom. The summed E-state index contributed by atoms with van der Waals surface area (Å²) in [5, 5.41) is 11.1. The van der Waals surface area contributed by atoms with Gasteiger partial charge in [0.05, 0.1) is 13.2 Å². The van der Waals surface area contributed by atoms with Crippen molar-refractivity contribution in [3.8, 4) is 0 Å². The van der Waals surface area contributed by atoms with Crippen molar-refractivity contribution in [2.45, 2.75) is 25.3 Å². The van der Waals surface area contributed by atoms with Gasteiger partial charge in [-0.3, -0.25) is 14.4 Å². The number of carboxylic acids is 1. The lowest BCUT2D eigenvalue weighted by Gasteiger charge is -2.26. The Morgan fingerprint density at radius 1 is 1.25 bits per heavy atom. The zero-order valence-corrected chi connectivity index (χ0v) is 11.3. The molecular weight excluding hydrogens is 266 g/mol. The molecular formula is C12H21N3O5. The van der Waals surface area contributed by atoms with Crippen LogP contribution in [0.1, 0.15) is 19.3 Å². The second-order valence-corrected chi connectivity index (χ2v) is 4.58. The molecule has 1 heterocycles. The molecule has 0 saturated carbocycles. The number of rotatable bonds is 7. The molecule has 1 fully saturated rings. The van der Waals surface area contributed by atoms with E-state index >= 15 is 0 Å². The Labute approximate surface area is 117 Å². The first-order valence-corrected chi connectivity index (χ1v) is 6.61. The minimum atomic E-state index is -1.10. The maximum atomic E-state index is 11.8. The molecule has 20 heavy (non-hydrogen) atoms. The van der Waals surface area contributed by atoms with Crippen molar-refractivity contribution >= 4 is 17.8 Å². The normalized spacial score (nSPS) is 16.6. The third kappa shape index (κ3) is 5.98. The number of hydrogen-bond donors (Lipinski definition) is 3. The van der Waals surface area contributed by atoms with Crippen LogP contribution in [-0.2, 0) is 19.1 Å². The van der Waals surface area contributed by atoms with E-state index in [1.165, 1.54) is 0 Å². The third-order valence-corrected chi connectivity index (χ3v) is 3.02. The topological polar surface area (TPSA) is 122 Å². The van der Waals surface area contributed by atoms with E-state index in [-0.39, 0.29) is 37.6 Å². The van der Waals surface area contributed by atoms with Crippen molar-refractivity contribution in [2.75, 3.05) is 32.8 Å². The molecule has 0 aliphatic carbocycles. The first kappa shape index (κ1) is 16.4. The van der Waals surface area contributed by atoms with Crippen LogP contribution >= 0.6 is 0 Å². The van der Waals surface area contributed by atoms with Gasteiger partial charge in [-0.25, -0.2) is 0 Å². The Bertz CT molecular complexity index is 355. The summed E-state index contributed by atoms with van der Waals surface area (Å²) >= 11 is 0. The van der Waals surface area contributed by atoms with E-state index in [4.69, 9.17) is 15.6 Å². The summed E-state index contributed by atoms with van der Waals surface area (Å²) < 4.78 is 5.14. The maximum Gasteiger partial charge on any atom is 0.320 e. The van der Waals surface area contributed by atoms with Crippen molar-refractivity contribution in [2.24, 2.45) is 5.73 Å². The zero-order valence-electron chi connectivity index (χ0n) is 11.3. The molecule has 1 aliphatic heterocycles. The molecule has 1 unspecified atom stereocenters. The van der Waals surface area contributed by atoms with Crippen molar-refractivity contribution in [1.82, 2.24) is 10.2 Å². The second kappa shape index (κ2) is 8.49. The third-order valence-electron chi connectivity index (χ3n) is 3.02. The molecule has 0 aromatic heterocycles. The van der Waals surface area contributed by atoms with Crippen molar-refractivity contribution in [3.63, 3.8) is 0 Å². The van der Waals surface area contributed by atoms with Gasteiger partial charge in [0.2, 0.25) is 11.8 Å². The lowest BCUT2D eigenvalue weighted by Crippen LogP contribution is -2.41. The van der Waals surface area contributed by atoms with E-state index in [1.54, 1.807) is 4.90 Å². The molecule has 1 aliphatic rings. The van der Waals surface area contributed by atoms with Crippen LogP contribution in [0.4, 0.5) is 0 Å². The number of nitrogens with two attached hydrogens (primary N) is 1. The number of ether oxygens (including phenoxy) is 1. The van der Waals surface area contributed by atoms with Gasteiger partial charge in [0.25, 0.3) is 0 Å². The number of nitrogens with one attached hydrogen (secondary N) is 1. The number of amides is 2. The van der Waals surface area contributed by atoms with Gasteiger partial charge in [-0.1, -0.05) is 0 Å². The number of hydrogen-bond acceptors (Lipinski definition) is 5. The van der Waals surface area contributed by atoms with Crippen LogP contribution in [0.2, 0.25) is 0 Å².